The SMILES string of the molecule is COc1cc(-c2ccc([C@@H]3CCc4ccc(C(C5CC5)[C@H](C)C(=O)O)cc4O3)cc2CNC(C)(C)C)c(F)cn1. The van der Waals surface area contributed by atoms with Gasteiger partial charge in [0.15, 0.2) is 0 Å². The fourth-order valence-electron chi connectivity index (χ4n) is 5.73. The molecular formula is C33H39FN2O4. The van der Waals surface area contributed by atoms with Crippen LogP contribution in [-0.2, 0) is 17.8 Å². The number of carboxylic acid groups (broad SMARTS) is 1. The fourth-order valence-corrected chi connectivity index (χ4v) is 5.73. The van der Waals surface area contributed by atoms with Gasteiger partial charge in [-0.3, -0.25) is 4.79 Å². The third kappa shape index (κ3) is 6.15. The first-order chi connectivity index (χ1) is 19.0. The zero-order chi connectivity index (χ0) is 28.6. The minimum Gasteiger partial charge on any atom is -0.485 e. The number of rotatable bonds is 9. The topological polar surface area (TPSA) is 80.7 Å². The highest BCUT2D eigenvalue weighted by Gasteiger charge is 2.39. The molecule has 1 aliphatic carbocycles. The van der Waals surface area contributed by atoms with Crippen LogP contribution in [-0.4, -0.2) is 28.7 Å². The molecule has 2 aromatic carbocycles. The van der Waals surface area contributed by atoms with E-state index in [0.29, 0.717) is 23.9 Å². The van der Waals surface area contributed by atoms with Crippen molar-refractivity contribution in [2.45, 2.75) is 77.5 Å². The van der Waals surface area contributed by atoms with Gasteiger partial charge in [0.25, 0.3) is 0 Å². The Hall–Kier alpha value is -3.45. The molecule has 5 rings (SSSR count). The summed E-state index contributed by atoms with van der Waals surface area (Å²) < 4.78 is 26.8. The average molecular weight is 547 g/mol. The number of nitrogens with zero attached hydrogens (tertiary/aromatic N) is 1. The molecule has 2 heterocycles. The number of carboxylic acids is 1. The predicted molar refractivity (Wildman–Crippen MR) is 153 cm³/mol. The van der Waals surface area contributed by atoms with Crippen LogP contribution in [0.4, 0.5) is 4.39 Å². The van der Waals surface area contributed by atoms with Crippen LogP contribution in [0, 0.1) is 17.7 Å². The molecule has 40 heavy (non-hydrogen) atoms. The Morgan fingerprint density at radius 2 is 1.93 bits per heavy atom. The van der Waals surface area contributed by atoms with Crippen molar-refractivity contribution < 1.29 is 23.8 Å². The lowest BCUT2D eigenvalue weighted by Crippen LogP contribution is -2.35. The second kappa shape index (κ2) is 11.2. The Morgan fingerprint density at radius 1 is 1.15 bits per heavy atom. The molecule has 7 heteroatoms. The highest BCUT2D eigenvalue weighted by Crippen LogP contribution is 2.48. The van der Waals surface area contributed by atoms with Gasteiger partial charge in [-0.25, -0.2) is 9.37 Å². The van der Waals surface area contributed by atoms with Crippen molar-refractivity contribution in [3.05, 3.63) is 76.7 Å². The van der Waals surface area contributed by atoms with Crippen molar-refractivity contribution in [1.82, 2.24) is 10.3 Å². The van der Waals surface area contributed by atoms with Gasteiger partial charge in [-0.1, -0.05) is 37.3 Å². The molecule has 212 valence electrons. The van der Waals surface area contributed by atoms with Gasteiger partial charge in [0.05, 0.1) is 19.2 Å². The van der Waals surface area contributed by atoms with E-state index in [2.05, 4.69) is 55.3 Å². The van der Waals surface area contributed by atoms with Gasteiger partial charge >= 0.3 is 5.97 Å². The first-order valence-electron chi connectivity index (χ1n) is 14.1. The van der Waals surface area contributed by atoms with E-state index in [0.717, 1.165) is 59.3 Å². The number of ether oxygens (including phenoxy) is 2. The summed E-state index contributed by atoms with van der Waals surface area (Å²) in [6.45, 7) is 8.67. The van der Waals surface area contributed by atoms with Crippen LogP contribution in [0.15, 0.2) is 48.7 Å². The normalized spacial score (nSPS) is 18.4. The lowest BCUT2D eigenvalue weighted by atomic mass is 9.82. The van der Waals surface area contributed by atoms with E-state index in [-0.39, 0.29) is 17.6 Å². The van der Waals surface area contributed by atoms with Crippen molar-refractivity contribution in [2.75, 3.05) is 7.11 Å². The van der Waals surface area contributed by atoms with E-state index in [4.69, 9.17) is 9.47 Å². The lowest BCUT2D eigenvalue weighted by molar-refractivity contribution is -0.142. The van der Waals surface area contributed by atoms with E-state index < -0.39 is 17.7 Å². The van der Waals surface area contributed by atoms with E-state index in [1.165, 1.54) is 13.3 Å². The number of benzene rings is 2. The van der Waals surface area contributed by atoms with Gasteiger partial charge < -0.3 is 19.9 Å². The van der Waals surface area contributed by atoms with Crippen molar-refractivity contribution in [1.29, 1.82) is 0 Å². The molecule has 1 aromatic heterocycles. The standard InChI is InChI=1S/C33H39FN2O4/c1-19(32(37)38)31(21-7-8-21)23-9-6-20-11-13-28(40-29(20)15-23)22-10-12-25(24(14-22)17-36-33(2,3)4)26-16-30(39-5)35-18-27(26)34/h6,9-10,12,14-16,18-19,21,28,31,36H,7-8,11,13,17H2,1-5H3,(H,37,38)/t19-,28-,31?/m0/s1. The zero-order valence-electron chi connectivity index (χ0n) is 24.0. The average Bonchev–Trinajstić information content (AvgIpc) is 3.76. The summed E-state index contributed by atoms with van der Waals surface area (Å²) in [7, 11) is 1.52. The maximum Gasteiger partial charge on any atom is 0.306 e. The number of pyridine rings is 1. The monoisotopic (exact) mass is 546 g/mol. The van der Waals surface area contributed by atoms with Gasteiger partial charge in [-0.2, -0.15) is 0 Å². The summed E-state index contributed by atoms with van der Waals surface area (Å²) >= 11 is 0. The molecule has 2 N–H and O–H groups in total. The summed E-state index contributed by atoms with van der Waals surface area (Å²) in [6.07, 6.45) is 4.89. The highest BCUT2D eigenvalue weighted by atomic mass is 19.1. The van der Waals surface area contributed by atoms with Crippen LogP contribution >= 0.6 is 0 Å². The summed E-state index contributed by atoms with van der Waals surface area (Å²) in [5.41, 5.74) is 5.30. The highest BCUT2D eigenvalue weighted by molar-refractivity contribution is 5.71. The number of aryl methyl sites for hydroxylation is 1. The molecule has 0 radical (unpaired) electrons. The van der Waals surface area contributed by atoms with Crippen molar-refractivity contribution in [2.24, 2.45) is 11.8 Å². The molecule has 1 aliphatic heterocycles. The first-order valence-corrected chi connectivity index (χ1v) is 14.1. The van der Waals surface area contributed by atoms with E-state index >= 15 is 0 Å². The van der Waals surface area contributed by atoms with E-state index in [9.17, 15) is 14.3 Å². The molecule has 2 aliphatic rings. The fraction of sp³-hybridized carbons (Fsp3) is 0.455. The molecule has 6 nitrogen and oxygen atoms in total. The van der Waals surface area contributed by atoms with Crippen LogP contribution in [0.1, 0.15) is 81.2 Å². The van der Waals surface area contributed by atoms with Crippen LogP contribution in [0.25, 0.3) is 11.1 Å². The van der Waals surface area contributed by atoms with Crippen LogP contribution < -0.4 is 14.8 Å². The van der Waals surface area contributed by atoms with Gasteiger partial charge in [0.2, 0.25) is 5.88 Å². The lowest BCUT2D eigenvalue weighted by Gasteiger charge is -2.29. The number of hydrogen-bond donors (Lipinski definition) is 2. The molecular weight excluding hydrogens is 507 g/mol. The molecule has 3 atom stereocenters. The number of fused-ring (bicyclic) bond motifs is 1. The first kappa shape index (κ1) is 28.1. The predicted octanol–water partition coefficient (Wildman–Crippen LogP) is 7.07. The minimum atomic E-state index is -0.756. The summed E-state index contributed by atoms with van der Waals surface area (Å²) in [5, 5.41) is 13.3. The molecule has 1 saturated carbocycles. The van der Waals surface area contributed by atoms with Crippen molar-refractivity contribution in [3.8, 4) is 22.8 Å². The number of aromatic nitrogens is 1. The third-order valence-corrected chi connectivity index (χ3v) is 8.12. The quantitative estimate of drug-likeness (QED) is 0.299. The number of halogens is 1. The van der Waals surface area contributed by atoms with Gasteiger partial charge in [0, 0.05) is 23.7 Å². The van der Waals surface area contributed by atoms with Gasteiger partial charge in [0.1, 0.15) is 17.7 Å². The van der Waals surface area contributed by atoms with E-state index in [1.807, 2.05) is 19.1 Å². The third-order valence-electron chi connectivity index (χ3n) is 8.12. The maximum atomic E-state index is 14.9. The number of carbonyl (C=O) groups is 1. The number of nitrogens with one attached hydrogen (secondary N) is 1. The van der Waals surface area contributed by atoms with Crippen molar-refractivity contribution in [3.63, 3.8) is 0 Å². The molecule has 1 unspecified atom stereocenters. The second-order valence-electron chi connectivity index (χ2n) is 12.2. The van der Waals surface area contributed by atoms with Crippen LogP contribution in [0.2, 0.25) is 0 Å². The second-order valence-corrected chi connectivity index (χ2v) is 12.2. The largest absolute Gasteiger partial charge is 0.485 e. The molecule has 1 fully saturated rings. The summed E-state index contributed by atoms with van der Waals surface area (Å²) in [4.78, 5) is 15.8. The Morgan fingerprint density at radius 3 is 2.60 bits per heavy atom. The number of hydrogen-bond acceptors (Lipinski definition) is 5. The summed E-state index contributed by atoms with van der Waals surface area (Å²) in [5.74, 6) is 0.00676. The summed E-state index contributed by atoms with van der Waals surface area (Å²) in [6, 6.07) is 14.0. The number of aliphatic carboxylic acids is 1. The smallest absolute Gasteiger partial charge is 0.306 e. The van der Waals surface area contributed by atoms with Crippen LogP contribution in [0.3, 0.4) is 0 Å². The Labute approximate surface area is 235 Å². The number of methoxy groups -OCH3 is 1. The molecule has 0 amide bonds. The van der Waals surface area contributed by atoms with Crippen molar-refractivity contribution >= 4 is 5.97 Å². The van der Waals surface area contributed by atoms with Gasteiger partial charge in [-0.05, 0) is 92.2 Å². The molecule has 3 aromatic rings. The molecule has 0 saturated heterocycles. The molecule has 0 bridgehead atoms. The van der Waals surface area contributed by atoms with Gasteiger partial charge in [-0.15, -0.1) is 0 Å². The Bertz CT molecular complexity index is 1400. The Balaban J connectivity index is 1.46. The van der Waals surface area contributed by atoms with E-state index in [1.54, 1.807) is 6.07 Å². The molecule has 0 spiro atoms. The zero-order valence-corrected chi connectivity index (χ0v) is 24.0. The minimum absolute atomic E-state index is 0.00612. The van der Waals surface area contributed by atoms with Crippen LogP contribution in [0.5, 0.6) is 11.6 Å². The maximum absolute atomic E-state index is 14.9. The Kier molecular flexibility index (Phi) is 7.87.